The lowest BCUT2D eigenvalue weighted by Crippen LogP contribution is -2.49. The number of guanidine groups is 2. The Labute approximate surface area is 447 Å². The van der Waals surface area contributed by atoms with E-state index in [4.69, 9.17) is 97.1 Å². The minimum Gasteiger partial charge on any atom is -0.486 e. The number of hydrogen-bond acceptors (Lipinski definition) is 12. The van der Waals surface area contributed by atoms with Crippen molar-refractivity contribution in [2.45, 2.75) is 86.9 Å². The average molecular weight is 1110 g/mol. The number of hydrogen-bond donors (Lipinski definition) is 4. The number of fused-ring (bicyclic) bond motifs is 6. The van der Waals surface area contributed by atoms with Gasteiger partial charge in [0, 0.05) is 64.3 Å². The third-order valence-corrected chi connectivity index (χ3v) is 15.5. The van der Waals surface area contributed by atoms with Gasteiger partial charge in [0.2, 0.25) is 23.4 Å². The number of benzene rings is 6. The van der Waals surface area contributed by atoms with Crippen LogP contribution in [0.2, 0.25) is 20.1 Å². The summed E-state index contributed by atoms with van der Waals surface area (Å²) in [5, 5.41) is 22.5. The van der Waals surface area contributed by atoms with Crippen LogP contribution < -0.4 is 26.4 Å². The fraction of sp³-hybridized carbons (Fsp3) is 0.296. The van der Waals surface area contributed by atoms with Crippen molar-refractivity contribution in [3.63, 3.8) is 0 Å². The first-order valence-corrected chi connectivity index (χ1v) is 26.0. The fourth-order valence-corrected chi connectivity index (χ4v) is 12.4. The normalized spacial score (nSPS) is 24.5. The van der Waals surface area contributed by atoms with Gasteiger partial charge >= 0.3 is 7.12 Å². The number of aryl methyl sites for hydroxylation is 2. The molecule has 0 radical (unpaired) electrons. The zero-order valence-electron chi connectivity index (χ0n) is 39.6. The Balaban J connectivity index is 0.000000140. The van der Waals surface area contributed by atoms with Crippen LogP contribution in [0.25, 0.3) is 11.1 Å². The molecule has 18 heteroatoms. The maximum absolute atomic E-state index is 8.71. The molecule has 12 rings (SSSR count). The largest absolute Gasteiger partial charge is 0.488 e. The standard InChI is InChI=1S/C27H25Cl2N3O2.C21H22BrN3O2.C6H5BCl2O2/c1-32-25(30)31-27(34-32)16-26(10-4-7-17-5-2-3-6-19(17)15-26)33-24-9-8-18(13-23(24)27)20-11-21(28)14-22(29)12-20;1-25-19(23)24-21(27-25)13-20(26-18-9-8-16(22)11-17(18)21)10-4-7-14-5-2-3-6-15(14)12-20;8-5-1-4(7(10)11)2-6(9)3-5/h2-3,5-6,8-9,11-14H,4,7,10,15-16H2,1H3,(H2,30,31);2-3,5-6,8-9,11H,4,7,10,12-13H2,1H3,(H2,23,24);1-3,10-11H. The molecule has 0 fully saturated rings. The molecule has 0 amide bonds. The van der Waals surface area contributed by atoms with Gasteiger partial charge in [0.15, 0.2) is 0 Å². The average Bonchev–Trinajstić information content (AvgIpc) is 3.59. The summed E-state index contributed by atoms with van der Waals surface area (Å²) in [4.78, 5) is 22.3. The quantitative estimate of drug-likeness (QED) is 0.123. The maximum Gasteiger partial charge on any atom is 0.488 e. The molecule has 4 spiro atoms. The van der Waals surface area contributed by atoms with Gasteiger partial charge in [-0.05, 0) is 144 Å². The summed E-state index contributed by atoms with van der Waals surface area (Å²) in [5.74, 6) is 2.35. The molecule has 0 saturated carbocycles. The molecule has 4 heterocycles. The Morgan fingerprint density at radius 1 is 0.569 bits per heavy atom. The first kappa shape index (κ1) is 50.5. The third kappa shape index (κ3) is 10.3. The summed E-state index contributed by atoms with van der Waals surface area (Å²) in [7, 11) is 2.07. The number of halogens is 5. The predicted octanol–water partition coefficient (Wildman–Crippen LogP) is 10.7. The summed E-state index contributed by atoms with van der Waals surface area (Å²) in [5.41, 5.74) is 19.2. The highest BCUT2D eigenvalue weighted by molar-refractivity contribution is 9.10. The van der Waals surface area contributed by atoms with Crippen molar-refractivity contribution in [1.29, 1.82) is 0 Å². The van der Waals surface area contributed by atoms with Crippen LogP contribution in [0.15, 0.2) is 136 Å². The summed E-state index contributed by atoms with van der Waals surface area (Å²) >= 11 is 27.3. The SMILES string of the molecule is CN1OC2(CC3(CCCc4ccccc4C3)Oc3ccc(-c4cc(Cl)cc(Cl)c4)cc32)N=C1N.CN1OC2(CC3(CCCc4ccccc4C3)Oc3ccc(Br)cc32)N=C1N.OB(O)c1cc(Cl)cc(Cl)c1. The van der Waals surface area contributed by atoms with Crippen LogP contribution in [0, 0.1) is 0 Å². The number of nitrogens with zero attached hydrogens (tertiary/aromatic N) is 4. The topological polar surface area (TPSA) is 161 Å². The highest BCUT2D eigenvalue weighted by atomic mass is 79.9. The molecule has 4 unspecified atom stereocenters. The Morgan fingerprint density at radius 2 is 1.01 bits per heavy atom. The highest BCUT2D eigenvalue weighted by Gasteiger charge is 2.56. The number of nitrogens with two attached hydrogens (primary N) is 2. The number of ether oxygens (including phenoxy) is 2. The van der Waals surface area contributed by atoms with Crippen molar-refractivity contribution in [2.24, 2.45) is 21.5 Å². The smallest absolute Gasteiger partial charge is 0.486 e. The van der Waals surface area contributed by atoms with Crippen molar-refractivity contribution >= 4 is 86.8 Å². The van der Waals surface area contributed by atoms with Crippen LogP contribution in [0.4, 0.5) is 0 Å². The van der Waals surface area contributed by atoms with Gasteiger partial charge in [-0.1, -0.05) is 117 Å². The van der Waals surface area contributed by atoms with Crippen LogP contribution in [0.5, 0.6) is 11.5 Å². The van der Waals surface area contributed by atoms with Crippen molar-refractivity contribution < 1.29 is 29.2 Å². The van der Waals surface area contributed by atoms with Crippen molar-refractivity contribution in [3.8, 4) is 22.6 Å². The fourth-order valence-electron chi connectivity index (χ4n) is 11.0. The van der Waals surface area contributed by atoms with E-state index in [0.29, 0.717) is 50.3 Å². The summed E-state index contributed by atoms with van der Waals surface area (Å²) in [6.45, 7) is 0. The van der Waals surface area contributed by atoms with Gasteiger partial charge in [-0.25, -0.2) is 29.8 Å². The van der Waals surface area contributed by atoms with E-state index in [1.807, 2.05) is 42.5 Å². The van der Waals surface area contributed by atoms with Gasteiger partial charge in [-0.3, -0.25) is 0 Å². The minimum atomic E-state index is -1.52. The van der Waals surface area contributed by atoms with Gasteiger partial charge in [0.25, 0.3) is 0 Å². The summed E-state index contributed by atoms with van der Waals surface area (Å²) < 4.78 is 14.5. The highest BCUT2D eigenvalue weighted by Crippen LogP contribution is 2.54. The van der Waals surface area contributed by atoms with E-state index in [-0.39, 0.29) is 5.60 Å². The Morgan fingerprint density at radius 3 is 1.47 bits per heavy atom. The first-order valence-electron chi connectivity index (χ1n) is 23.7. The summed E-state index contributed by atoms with van der Waals surface area (Å²) in [6.07, 6.45) is 8.98. The Bertz CT molecular complexity index is 3090. The maximum atomic E-state index is 8.71. The molecule has 72 heavy (non-hydrogen) atoms. The molecule has 372 valence electrons. The van der Waals surface area contributed by atoms with Gasteiger partial charge < -0.3 is 31.0 Å². The van der Waals surface area contributed by atoms with Crippen molar-refractivity contribution in [1.82, 2.24) is 10.1 Å². The lowest BCUT2D eigenvalue weighted by molar-refractivity contribution is -0.205. The second kappa shape index (κ2) is 20.0. The second-order valence-electron chi connectivity index (χ2n) is 19.3. The molecule has 2 aliphatic carbocycles. The van der Waals surface area contributed by atoms with E-state index >= 15 is 0 Å². The van der Waals surface area contributed by atoms with Gasteiger partial charge in [-0.2, -0.15) is 0 Å². The van der Waals surface area contributed by atoms with Gasteiger partial charge in [0.1, 0.15) is 22.7 Å². The van der Waals surface area contributed by atoms with Gasteiger partial charge in [-0.15, -0.1) is 0 Å². The van der Waals surface area contributed by atoms with Crippen LogP contribution in [0.1, 0.15) is 71.9 Å². The molecule has 12 nitrogen and oxygen atoms in total. The molecule has 4 aliphatic heterocycles. The third-order valence-electron chi connectivity index (χ3n) is 14.1. The number of aliphatic imine (C=N–C) groups is 2. The molecule has 6 aliphatic rings. The zero-order chi connectivity index (χ0) is 50.6. The van der Waals surface area contributed by atoms with Crippen LogP contribution in [-0.4, -0.2) is 64.5 Å². The van der Waals surface area contributed by atoms with E-state index in [1.165, 1.54) is 40.5 Å². The number of rotatable bonds is 2. The Hall–Kier alpha value is -5.00. The molecule has 6 aromatic rings. The van der Waals surface area contributed by atoms with E-state index in [0.717, 1.165) is 89.6 Å². The van der Waals surface area contributed by atoms with E-state index in [2.05, 4.69) is 70.5 Å². The lowest BCUT2D eigenvalue weighted by atomic mass is 9.78. The molecule has 6 aromatic carbocycles. The van der Waals surface area contributed by atoms with E-state index in [1.54, 1.807) is 30.3 Å². The monoisotopic (exact) mass is 1110 g/mol. The zero-order valence-corrected chi connectivity index (χ0v) is 44.2. The second-order valence-corrected chi connectivity index (χ2v) is 22.0. The van der Waals surface area contributed by atoms with E-state index < -0.39 is 24.2 Å². The molecule has 4 atom stereocenters. The van der Waals surface area contributed by atoms with E-state index in [9.17, 15) is 0 Å². The first-order chi connectivity index (χ1) is 34.4. The lowest BCUT2D eigenvalue weighted by Gasteiger charge is -2.45. The predicted molar refractivity (Wildman–Crippen MR) is 289 cm³/mol. The number of hydroxylamine groups is 4. The van der Waals surface area contributed by atoms with Crippen LogP contribution in [-0.2, 0) is 46.8 Å². The molecular formula is C54H52BBrCl4N6O6. The molecule has 0 saturated heterocycles. The summed E-state index contributed by atoms with van der Waals surface area (Å²) in [6, 6.07) is 39.4. The molecule has 0 aromatic heterocycles. The minimum absolute atomic E-state index is 0.294. The molecular weight excluding hydrogens is 1060 g/mol. The van der Waals surface area contributed by atoms with Crippen molar-refractivity contribution in [3.05, 3.63) is 179 Å². The molecule has 6 N–H and O–H groups in total. The van der Waals surface area contributed by atoms with Crippen molar-refractivity contribution in [2.75, 3.05) is 14.1 Å². The van der Waals surface area contributed by atoms with Crippen LogP contribution >= 0.6 is 62.3 Å². The molecule has 0 bridgehead atoms. The Kier molecular flexibility index (Phi) is 14.1. The van der Waals surface area contributed by atoms with Gasteiger partial charge in [0.05, 0.1) is 11.1 Å². The van der Waals surface area contributed by atoms with Crippen LogP contribution in [0.3, 0.4) is 0 Å².